The normalized spacial score (nSPS) is 12.6. The highest BCUT2D eigenvalue weighted by Crippen LogP contribution is 2.43. The molecule has 234 valence electrons. The average molecular weight is 589 g/mol. The van der Waals surface area contributed by atoms with Gasteiger partial charge in [-0.25, -0.2) is 4.79 Å². The maximum Gasteiger partial charge on any atom is 0.342 e. The summed E-state index contributed by atoms with van der Waals surface area (Å²) in [5.41, 5.74) is 3.33. The van der Waals surface area contributed by atoms with Gasteiger partial charge in [0.05, 0.1) is 14.2 Å². The molecule has 1 aliphatic heterocycles. The fraction of sp³-hybridized carbons (Fsp3) is 0.636. The van der Waals surface area contributed by atoms with Gasteiger partial charge in [0.25, 0.3) is 0 Å². The van der Waals surface area contributed by atoms with Crippen molar-refractivity contribution < 1.29 is 43.2 Å². The number of unbranched alkanes of at least 4 members (excludes halogenated alkanes) is 10. The summed E-state index contributed by atoms with van der Waals surface area (Å²) in [6.45, 7) is 3.89. The summed E-state index contributed by atoms with van der Waals surface area (Å²) in [7, 11) is 2.91. The van der Waals surface area contributed by atoms with Gasteiger partial charge in [-0.15, -0.1) is 0 Å². The molecule has 1 aliphatic rings. The molecule has 0 radical (unpaired) electrons. The molecule has 9 heteroatoms. The minimum absolute atomic E-state index is 0.111. The van der Waals surface area contributed by atoms with Gasteiger partial charge in [0.15, 0.2) is 5.75 Å². The number of hydrogen-bond donors (Lipinski definition) is 1. The lowest BCUT2D eigenvalue weighted by atomic mass is 9.94. The van der Waals surface area contributed by atoms with Gasteiger partial charge >= 0.3 is 23.9 Å². The third-order valence-corrected chi connectivity index (χ3v) is 7.72. The van der Waals surface area contributed by atoms with Crippen molar-refractivity contribution in [2.45, 2.75) is 123 Å². The molecular formula is C33H48O9. The second-order valence-corrected chi connectivity index (χ2v) is 11.0. The number of carboxylic acids is 1. The van der Waals surface area contributed by atoms with Gasteiger partial charge in [-0.1, -0.05) is 69.4 Å². The fourth-order valence-electron chi connectivity index (χ4n) is 5.20. The zero-order valence-electron chi connectivity index (χ0n) is 25.8. The van der Waals surface area contributed by atoms with Crippen molar-refractivity contribution in [3.05, 3.63) is 33.9 Å². The number of allylic oxidation sites excluding steroid dienone is 2. The lowest BCUT2D eigenvalue weighted by Gasteiger charge is -2.19. The number of carbonyl (C=O) groups is 4. The van der Waals surface area contributed by atoms with Gasteiger partial charge < -0.3 is 24.1 Å². The molecule has 1 heterocycles. The molecular weight excluding hydrogens is 540 g/mol. The van der Waals surface area contributed by atoms with Crippen LogP contribution in [0.15, 0.2) is 11.6 Å². The Balaban J connectivity index is 1.89. The first kappa shape index (κ1) is 34.8. The van der Waals surface area contributed by atoms with E-state index in [0.717, 1.165) is 62.5 Å². The number of cyclic esters (lactones) is 1. The molecule has 0 saturated carbocycles. The molecule has 2 rings (SSSR count). The Morgan fingerprint density at radius 1 is 0.810 bits per heavy atom. The fourth-order valence-corrected chi connectivity index (χ4v) is 5.20. The number of benzene rings is 1. The molecule has 0 aromatic heterocycles. The van der Waals surface area contributed by atoms with E-state index < -0.39 is 17.9 Å². The van der Waals surface area contributed by atoms with Crippen LogP contribution in [-0.4, -0.2) is 43.2 Å². The Labute approximate surface area is 249 Å². The topological polar surface area (TPSA) is 125 Å². The van der Waals surface area contributed by atoms with E-state index in [4.69, 9.17) is 24.1 Å². The molecule has 0 saturated heterocycles. The summed E-state index contributed by atoms with van der Waals surface area (Å²) in [6.07, 6.45) is 14.9. The molecule has 0 atom stereocenters. The van der Waals surface area contributed by atoms with E-state index in [1.807, 2.05) is 19.9 Å². The van der Waals surface area contributed by atoms with Crippen LogP contribution in [-0.2, 0) is 36.9 Å². The summed E-state index contributed by atoms with van der Waals surface area (Å²) in [4.78, 5) is 47.6. The van der Waals surface area contributed by atoms with Crippen molar-refractivity contribution in [2.24, 2.45) is 0 Å². The third-order valence-electron chi connectivity index (χ3n) is 7.72. The van der Waals surface area contributed by atoms with Gasteiger partial charge in [0.1, 0.15) is 17.9 Å². The smallest absolute Gasteiger partial charge is 0.342 e. The molecule has 1 N–H and O–H groups in total. The van der Waals surface area contributed by atoms with E-state index in [9.17, 15) is 19.2 Å². The Morgan fingerprint density at radius 2 is 1.38 bits per heavy atom. The Bertz CT molecular complexity index is 1100. The zero-order chi connectivity index (χ0) is 30.9. The average Bonchev–Trinajstić information content (AvgIpc) is 3.36. The molecule has 1 aromatic rings. The van der Waals surface area contributed by atoms with Crippen LogP contribution in [0.1, 0.15) is 130 Å². The van der Waals surface area contributed by atoms with Crippen molar-refractivity contribution >= 4 is 23.9 Å². The summed E-state index contributed by atoms with van der Waals surface area (Å²) in [6, 6.07) is 0. The SMILES string of the molecule is COC(=O)CCC(C)=CCc1c(OC)c(C)c2c(c1OC(=O)CCCCCCCCCCCCCC(=O)O)C(=O)OC2. The van der Waals surface area contributed by atoms with E-state index >= 15 is 0 Å². The molecule has 42 heavy (non-hydrogen) atoms. The number of hydrogen-bond acceptors (Lipinski definition) is 8. The number of rotatable bonds is 21. The van der Waals surface area contributed by atoms with E-state index in [0.29, 0.717) is 41.7 Å². The van der Waals surface area contributed by atoms with Crippen molar-refractivity contribution in [3.8, 4) is 11.5 Å². The van der Waals surface area contributed by atoms with Crippen LogP contribution < -0.4 is 9.47 Å². The third kappa shape index (κ3) is 11.5. The maximum absolute atomic E-state index is 12.9. The maximum atomic E-state index is 12.9. The first-order valence-corrected chi connectivity index (χ1v) is 15.2. The van der Waals surface area contributed by atoms with Gasteiger partial charge in [-0.05, 0) is 45.1 Å². The molecule has 0 unspecified atom stereocenters. The summed E-state index contributed by atoms with van der Waals surface area (Å²) >= 11 is 0. The number of carboxylic acid groups (broad SMARTS) is 1. The predicted molar refractivity (Wildman–Crippen MR) is 159 cm³/mol. The standard InChI is InChI=1S/C33H48O9/c1-23(19-21-28(36)39-3)18-20-25-31(40-4)24(2)26-22-41-33(38)30(26)32(25)42-29(37)17-15-13-11-9-7-5-6-8-10-12-14-16-27(34)35/h18H,5-17,19-22H2,1-4H3,(H,34,35). The van der Waals surface area contributed by atoms with Gasteiger partial charge in [-0.3, -0.25) is 14.4 Å². The highest BCUT2D eigenvalue weighted by molar-refractivity contribution is 5.99. The van der Waals surface area contributed by atoms with Gasteiger partial charge in [0.2, 0.25) is 0 Å². The summed E-state index contributed by atoms with van der Waals surface area (Å²) in [5, 5.41) is 8.66. The van der Waals surface area contributed by atoms with Gasteiger partial charge in [-0.2, -0.15) is 0 Å². The molecule has 0 amide bonds. The number of aliphatic carboxylic acids is 1. The highest BCUT2D eigenvalue weighted by atomic mass is 16.6. The number of esters is 3. The zero-order valence-corrected chi connectivity index (χ0v) is 25.8. The quantitative estimate of drug-likeness (QED) is 0.0688. The molecule has 0 aliphatic carbocycles. The number of carbonyl (C=O) groups excluding carboxylic acids is 3. The predicted octanol–water partition coefficient (Wildman–Crippen LogP) is 7.18. The van der Waals surface area contributed by atoms with E-state index in [1.165, 1.54) is 20.0 Å². The largest absolute Gasteiger partial charge is 0.496 e. The molecule has 0 spiro atoms. The first-order valence-electron chi connectivity index (χ1n) is 15.2. The van der Waals surface area contributed by atoms with Crippen LogP contribution in [0, 0.1) is 6.92 Å². The number of methoxy groups -OCH3 is 2. The second-order valence-electron chi connectivity index (χ2n) is 11.0. The number of fused-ring (bicyclic) bond motifs is 1. The van der Waals surface area contributed by atoms with E-state index in [-0.39, 0.29) is 37.6 Å². The van der Waals surface area contributed by atoms with Crippen LogP contribution in [0.4, 0.5) is 0 Å². The van der Waals surface area contributed by atoms with Crippen molar-refractivity contribution in [2.75, 3.05) is 14.2 Å². The lowest BCUT2D eigenvalue weighted by molar-refractivity contribution is -0.140. The van der Waals surface area contributed by atoms with Crippen LogP contribution in [0.25, 0.3) is 0 Å². The highest BCUT2D eigenvalue weighted by Gasteiger charge is 2.34. The lowest BCUT2D eigenvalue weighted by Crippen LogP contribution is -2.14. The molecule has 0 bridgehead atoms. The van der Waals surface area contributed by atoms with Crippen LogP contribution in [0.5, 0.6) is 11.5 Å². The summed E-state index contributed by atoms with van der Waals surface area (Å²) < 4.78 is 21.6. The minimum Gasteiger partial charge on any atom is -0.496 e. The second kappa shape index (κ2) is 18.9. The number of ether oxygens (including phenoxy) is 4. The van der Waals surface area contributed by atoms with Gasteiger partial charge in [0, 0.05) is 30.4 Å². The Kier molecular flexibility index (Phi) is 15.7. The van der Waals surface area contributed by atoms with E-state index in [1.54, 1.807) is 7.11 Å². The minimum atomic E-state index is -0.718. The molecule has 1 aromatic carbocycles. The first-order chi connectivity index (χ1) is 20.2. The molecule has 9 nitrogen and oxygen atoms in total. The summed E-state index contributed by atoms with van der Waals surface area (Å²) in [5.74, 6) is -1.13. The van der Waals surface area contributed by atoms with Crippen LogP contribution in [0.2, 0.25) is 0 Å². The van der Waals surface area contributed by atoms with Crippen LogP contribution >= 0.6 is 0 Å². The Morgan fingerprint density at radius 3 is 1.93 bits per heavy atom. The monoisotopic (exact) mass is 588 g/mol. The van der Waals surface area contributed by atoms with E-state index in [2.05, 4.69) is 0 Å². The molecule has 0 fully saturated rings. The van der Waals surface area contributed by atoms with Crippen molar-refractivity contribution in [3.63, 3.8) is 0 Å². The Hall–Kier alpha value is -3.36. The van der Waals surface area contributed by atoms with Crippen LogP contribution in [0.3, 0.4) is 0 Å². The van der Waals surface area contributed by atoms with Crippen molar-refractivity contribution in [1.29, 1.82) is 0 Å². The van der Waals surface area contributed by atoms with Crippen molar-refractivity contribution in [1.82, 2.24) is 0 Å².